The van der Waals surface area contributed by atoms with Gasteiger partial charge in [-0.3, -0.25) is 9.59 Å². The molecule has 0 atom stereocenters. The molecular formula is C20H15ClFN3O2. The number of aryl methyl sites for hydroxylation is 2. The highest BCUT2D eigenvalue weighted by Crippen LogP contribution is 2.26. The minimum Gasteiger partial charge on any atom is -0.339 e. The van der Waals surface area contributed by atoms with Crippen LogP contribution in [0, 0.1) is 5.82 Å². The molecule has 2 aromatic carbocycles. The first kappa shape index (κ1) is 17.3. The van der Waals surface area contributed by atoms with Crippen LogP contribution >= 0.6 is 11.6 Å². The second-order valence-electron chi connectivity index (χ2n) is 6.32. The van der Waals surface area contributed by atoms with Crippen molar-refractivity contribution in [2.24, 2.45) is 14.1 Å². The zero-order valence-corrected chi connectivity index (χ0v) is 15.3. The Morgan fingerprint density at radius 2 is 1.78 bits per heavy atom. The highest BCUT2D eigenvalue weighted by atomic mass is 35.5. The number of carbonyl (C=O) groups is 1. The average molecular weight is 384 g/mol. The van der Waals surface area contributed by atoms with Crippen molar-refractivity contribution in [3.63, 3.8) is 0 Å². The molecule has 0 aliphatic heterocycles. The minimum absolute atomic E-state index is 0.0790. The summed E-state index contributed by atoms with van der Waals surface area (Å²) in [6.07, 6.45) is 0. The molecular weight excluding hydrogens is 369 g/mol. The smallest absolute Gasteiger partial charge is 0.272 e. The van der Waals surface area contributed by atoms with Gasteiger partial charge in [0, 0.05) is 25.2 Å². The number of hydrogen-bond acceptors (Lipinski definition) is 2. The molecule has 0 aliphatic carbocycles. The van der Waals surface area contributed by atoms with E-state index in [1.54, 1.807) is 29.3 Å². The number of rotatable bonds is 2. The fraction of sp³-hybridized carbons (Fsp3) is 0.100. The SMILES string of the molecule is Cn1c(C(=O)Nc2ccc(F)c(Cl)c2)cc2c(=O)n(C)c3ccccc3c21. The molecule has 4 rings (SSSR count). The van der Waals surface area contributed by atoms with Crippen molar-refractivity contribution in [2.75, 3.05) is 5.32 Å². The van der Waals surface area contributed by atoms with Crippen LogP contribution in [-0.4, -0.2) is 15.0 Å². The summed E-state index contributed by atoms with van der Waals surface area (Å²) in [4.78, 5) is 25.5. The number of nitrogens with zero attached hydrogens (tertiary/aromatic N) is 2. The number of anilines is 1. The lowest BCUT2D eigenvalue weighted by Crippen LogP contribution is -2.17. The molecule has 0 radical (unpaired) electrons. The maximum atomic E-state index is 13.3. The third kappa shape index (κ3) is 2.69. The van der Waals surface area contributed by atoms with Crippen LogP contribution in [0.1, 0.15) is 10.5 Å². The quantitative estimate of drug-likeness (QED) is 0.567. The van der Waals surface area contributed by atoms with Crippen molar-refractivity contribution in [1.29, 1.82) is 0 Å². The molecule has 0 saturated heterocycles. The van der Waals surface area contributed by atoms with Gasteiger partial charge in [0.1, 0.15) is 11.5 Å². The van der Waals surface area contributed by atoms with Crippen LogP contribution < -0.4 is 10.9 Å². The maximum Gasteiger partial charge on any atom is 0.272 e. The van der Waals surface area contributed by atoms with E-state index in [-0.39, 0.29) is 10.6 Å². The molecule has 0 saturated carbocycles. The molecule has 7 heteroatoms. The zero-order chi connectivity index (χ0) is 19.3. The molecule has 2 aromatic heterocycles. The van der Waals surface area contributed by atoms with Crippen molar-refractivity contribution in [3.8, 4) is 0 Å². The molecule has 0 bridgehead atoms. The van der Waals surface area contributed by atoms with E-state index in [0.29, 0.717) is 22.3 Å². The van der Waals surface area contributed by atoms with E-state index in [1.165, 1.54) is 18.2 Å². The van der Waals surface area contributed by atoms with Gasteiger partial charge in [-0.25, -0.2) is 4.39 Å². The van der Waals surface area contributed by atoms with Gasteiger partial charge in [-0.05, 0) is 30.3 Å². The number of nitrogens with one attached hydrogen (secondary N) is 1. The van der Waals surface area contributed by atoms with Crippen LogP contribution in [0.5, 0.6) is 0 Å². The Morgan fingerprint density at radius 3 is 2.52 bits per heavy atom. The van der Waals surface area contributed by atoms with Crippen LogP contribution in [0.25, 0.3) is 21.8 Å². The van der Waals surface area contributed by atoms with E-state index in [2.05, 4.69) is 5.32 Å². The van der Waals surface area contributed by atoms with Gasteiger partial charge in [0.2, 0.25) is 0 Å². The predicted molar refractivity (Wildman–Crippen MR) is 105 cm³/mol. The maximum absolute atomic E-state index is 13.3. The molecule has 0 unspecified atom stereocenters. The molecule has 5 nitrogen and oxygen atoms in total. The number of para-hydroxylation sites is 1. The fourth-order valence-electron chi connectivity index (χ4n) is 3.34. The predicted octanol–water partition coefficient (Wildman–Crippen LogP) is 4.08. The van der Waals surface area contributed by atoms with Crippen LogP contribution in [0.2, 0.25) is 5.02 Å². The van der Waals surface area contributed by atoms with Crippen molar-refractivity contribution < 1.29 is 9.18 Å². The minimum atomic E-state index is -0.561. The summed E-state index contributed by atoms with van der Waals surface area (Å²) in [5, 5.41) is 3.95. The van der Waals surface area contributed by atoms with Gasteiger partial charge in [-0.2, -0.15) is 0 Å². The molecule has 4 aromatic rings. The van der Waals surface area contributed by atoms with Crippen LogP contribution in [-0.2, 0) is 14.1 Å². The number of benzene rings is 2. The van der Waals surface area contributed by atoms with Gasteiger partial charge < -0.3 is 14.5 Å². The monoisotopic (exact) mass is 383 g/mol. The Morgan fingerprint density at radius 1 is 1.04 bits per heavy atom. The first-order chi connectivity index (χ1) is 12.9. The van der Waals surface area contributed by atoms with Crippen LogP contribution in [0.3, 0.4) is 0 Å². The van der Waals surface area contributed by atoms with Crippen molar-refractivity contribution >= 4 is 45.0 Å². The van der Waals surface area contributed by atoms with E-state index in [4.69, 9.17) is 11.6 Å². The largest absolute Gasteiger partial charge is 0.339 e. The number of pyridine rings is 1. The normalized spacial score (nSPS) is 11.3. The topological polar surface area (TPSA) is 56.0 Å². The third-order valence-electron chi connectivity index (χ3n) is 4.70. The summed E-state index contributed by atoms with van der Waals surface area (Å²) in [6, 6.07) is 13.1. The second-order valence-corrected chi connectivity index (χ2v) is 6.72. The van der Waals surface area contributed by atoms with Gasteiger partial charge >= 0.3 is 0 Å². The number of amides is 1. The number of fused-ring (bicyclic) bond motifs is 3. The van der Waals surface area contributed by atoms with Crippen molar-refractivity contribution in [3.05, 3.63) is 75.4 Å². The average Bonchev–Trinajstić information content (AvgIpc) is 3.00. The van der Waals surface area contributed by atoms with E-state index in [9.17, 15) is 14.0 Å². The Balaban J connectivity index is 1.87. The number of carbonyl (C=O) groups excluding carboxylic acids is 1. The lowest BCUT2D eigenvalue weighted by molar-refractivity contribution is 0.102. The third-order valence-corrected chi connectivity index (χ3v) is 4.99. The summed E-state index contributed by atoms with van der Waals surface area (Å²) < 4.78 is 16.6. The second kappa shape index (κ2) is 6.25. The van der Waals surface area contributed by atoms with Gasteiger partial charge in [0.05, 0.1) is 21.4 Å². The van der Waals surface area contributed by atoms with E-state index in [1.807, 2.05) is 24.3 Å². The Labute approximate surface area is 158 Å². The zero-order valence-electron chi connectivity index (χ0n) is 14.6. The molecule has 0 fully saturated rings. The summed E-state index contributed by atoms with van der Waals surface area (Å²) in [6.45, 7) is 0. The molecule has 0 aliphatic rings. The van der Waals surface area contributed by atoms with Gasteiger partial charge in [0.15, 0.2) is 0 Å². The number of hydrogen-bond donors (Lipinski definition) is 1. The first-order valence-electron chi connectivity index (χ1n) is 8.22. The van der Waals surface area contributed by atoms with Crippen molar-refractivity contribution in [1.82, 2.24) is 9.13 Å². The van der Waals surface area contributed by atoms with Gasteiger partial charge in [0.25, 0.3) is 11.5 Å². The van der Waals surface area contributed by atoms with Crippen LogP contribution in [0.15, 0.2) is 53.3 Å². The van der Waals surface area contributed by atoms with E-state index in [0.717, 1.165) is 10.9 Å². The highest BCUT2D eigenvalue weighted by Gasteiger charge is 2.19. The lowest BCUT2D eigenvalue weighted by Gasteiger charge is -2.09. The first-order valence-corrected chi connectivity index (χ1v) is 8.60. The molecule has 0 spiro atoms. The molecule has 136 valence electrons. The molecule has 27 heavy (non-hydrogen) atoms. The fourth-order valence-corrected chi connectivity index (χ4v) is 3.52. The summed E-state index contributed by atoms with van der Waals surface area (Å²) in [7, 11) is 3.44. The van der Waals surface area contributed by atoms with Gasteiger partial charge in [-0.1, -0.05) is 29.8 Å². The lowest BCUT2D eigenvalue weighted by atomic mass is 10.1. The number of halogens is 2. The van der Waals surface area contributed by atoms with E-state index >= 15 is 0 Å². The summed E-state index contributed by atoms with van der Waals surface area (Å²) >= 11 is 5.77. The number of aromatic nitrogens is 2. The molecule has 1 N–H and O–H groups in total. The Kier molecular flexibility index (Phi) is 4.00. The summed E-state index contributed by atoms with van der Waals surface area (Å²) in [5.74, 6) is -0.975. The van der Waals surface area contributed by atoms with Crippen molar-refractivity contribution in [2.45, 2.75) is 0 Å². The summed E-state index contributed by atoms with van der Waals surface area (Å²) in [5.41, 5.74) is 1.99. The Hall–Kier alpha value is -3.12. The van der Waals surface area contributed by atoms with Crippen LogP contribution in [0.4, 0.5) is 10.1 Å². The van der Waals surface area contributed by atoms with Gasteiger partial charge in [-0.15, -0.1) is 0 Å². The molecule has 1 amide bonds. The highest BCUT2D eigenvalue weighted by molar-refractivity contribution is 6.31. The molecule has 2 heterocycles. The standard InChI is InChI=1S/C20H15ClFN3O2/c1-24-17(19(26)23-11-7-8-15(22)14(21)9-11)10-13-18(24)12-5-3-4-6-16(12)25(2)20(13)27/h3-10H,1-2H3,(H,23,26). The Bertz CT molecular complexity index is 1290. The van der Waals surface area contributed by atoms with E-state index < -0.39 is 11.7 Å².